The molecule has 3 N–H and O–H groups in total. The Kier molecular flexibility index (Phi) is 5.23. The fraction of sp³-hybridized carbons (Fsp3) is 0.400. The maximum Gasteiger partial charge on any atom is 0.257 e. The molecule has 4 aromatic rings. The normalized spacial score (nSPS) is 22.2. The molecule has 6 rings (SSSR count). The molecule has 1 amide bonds. The molecule has 1 saturated heterocycles. The van der Waals surface area contributed by atoms with E-state index in [-0.39, 0.29) is 17.7 Å². The van der Waals surface area contributed by atoms with E-state index in [1.165, 1.54) is 6.07 Å². The zero-order chi connectivity index (χ0) is 24.3. The van der Waals surface area contributed by atoms with Crippen LogP contribution in [0.3, 0.4) is 0 Å². The molecule has 10 heteroatoms. The molecule has 182 valence electrons. The summed E-state index contributed by atoms with van der Waals surface area (Å²) in [7, 11) is 1.84. The summed E-state index contributed by atoms with van der Waals surface area (Å²) in [5, 5.41) is 21.5. The molecular weight excluding hydrogens is 449 g/mol. The van der Waals surface area contributed by atoms with Crippen LogP contribution in [0, 0.1) is 12.7 Å². The summed E-state index contributed by atoms with van der Waals surface area (Å²) in [5.74, 6) is -0.844. The Labute approximate surface area is 201 Å². The fourth-order valence-corrected chi connectivity index (χ4v) is 5.28. The lowest BCUT2D eigenvalue weighted by Crippen LogP contribution is -2.49. The van der Waals surface area contributed by atoms with Crippen LogP contribution in [-0.4, -0.2) is 61.5 Å². The molecule has 35 heavy (non-hydrogen) atoms. The lowest BCUT2D eigenvalue weighted by Gasteiger charge is -2.34. The number of rotatable bonds is 5. The monoisotopic (exact) mass is 477 g/mol. The van der Waals surface area contributed by atoms with Crippen LogP contribution in [0.15, 0.2) is 36.8 Å². The van der Waals surface area contributed by atoms with Gasteiger partial charge in [0, 0.05) is 68.0 Å². The number of aliphatic hydroxyl groups is 1. The minimum absolute atomic E-state index is 0.166. The number of amides is 1. The molecule has 1 unspecified atom stereocenters. The number of hydrogen-bond acceptors (Lipinski definition) is 6. The Morgan fingerprint density at radius 2 is 2.03 bits per heavy atom. The highest BCUT2D eigenvalue weighted by Crippen LogP contribution is 2.32. The molecule has 1 atom stereocenters. The molecule has 4 heterocycles. The number of carbonyl (C=O) groups excluding carboxylic acids is 1. The molecule has 1 aliphatic carbocycles. The van der Waals surface area contributed by atoms with Gasteiger partial charge in [-0.1, -0.05) is 0 Å². The van der Waals surface area contributed by atoms with Crippen molar-refractivity contribution < 1.29 is 14.3 Å². The van der Waals surface area contributed by atoms with E-state index in [4.69, 9.17) is 0 Å². The van der Waals surface area contributed by atoms with Crippen molar-refractivity contribution in [2.75, 3.05) is 23.3 Å². The van der Waals surface area contributed by atoms with Crippen molar-refractivity contribution in [2.45, 2.75) is 44.4 Å². The van der Waals surface area contributed by atoms with Gasteiger partial charge in [-0.25, -0.2) is 9.37 Å². The number of nitrogens with one attached hydrogen (secondary N) is 2. The number of pyridine rings is 1. The van der Waals surface area contributed by atoms with E-state index in [1.807, 2.05) is 19.3 Å². The van der Waals surface area contributed by atoms with E-state index < -0.39 is 5.82 Å². The van der Waals surface area contributed by atoms with Gasteiger partial charge in [0.15, 0.2) is 11.5 Å². The van der Waals surface area contributed by atoms with Crippen LogP contribution >= 0.6 is 0 Å². The maximum absolute atomic E-state index is 14.5. The lowest BCUT2D eigenvalue weighted by atomic mass is 9.89. The summed E-state index contributed by atoms with van der Waals surface area (Å²) in [6.45, 7) is 3.57. The smallest absolute Gasteiger partial charge is 0.257 e. The summed E-state index contributed by atoms with van der Waals surface area (Å²) in [6, 6.07) is 5.81. The van der Waals surface area contributed by atoms with Crippen LogP contribution in [0.1, 0.15) is 35.3 Å². The van der Waals surface area contributed by atoms with Crippen molar-refractivity contribution in [3.05, 3.63) is 53.9 Å². The van der Waals surface area contributed by atoms with Gasteiger partial charge in [0.25, 0.3) is 5.91 Å². The van der Waals surface area contributed by atoms with Gasteiger partial charge in [-0.2, -0.15) is 5.10 Å². The quantitative estimate of drug-likeness (QED) is 0.409. The van der Waals surface area contributed by atoms with E-state index >= 15 is 0 Å². The zero-order valence-corrected chi connectivity index (χ0v) is 19.7. The summed E-state index contributed by atoms with van der Waals surface area (Å²) in [4.78, 5) is 19.7. The number of hydrogen-bond donors (Lipinski definition) is 3. The second-order valence-corrected chi connectivity index (χ2v) is 9.76. The van der Waals surface area contributed by atoms with Gasteiger partial charge in [-0.3, -0.25) is 9.48 Å². The SMILES string of the molecule is Cc1cn2cc(NC(=O)c3ccc(N4CCC(NC5CC(O)C5)C4)c4cn(C)nc34)cc(F)c2n1. The first-order valence-corrected chi connectivity index (χ1v) is 12.0. The standard InChI is InChI=1S/C25H28FN7O2/c1-14-10-33-12-17(9-21(26)24(33)27-14)29-25(35)19-3-4-22(20-13-31(2)30-23(19)20)32-6-5-15(11-32)28-16-7-18(34)8-16/h3-4,9-10,12-13,15-16,18,28,34H,5-8,11H2,1-2H3,(H,29,35). The van der Waals surface area contributed by atoms with Gasteiger partial charge in [0.1, 0.15) is 5.52 Å². The molecule has 0 radical (unpaired) electrons. The Morgan fingerprint density at radius 3 is 2.83 bits per heavy atom. The minimum Gasteiger partial charge on any atom is -0.393 e. The molecule has 2 fully saturated rings. The molecule has 1 aliphatic heterocycles. The molecule has 2 aliphatic rings. The molecule has 0 bridgehead atoms. The molecule has 3 aromatic heterocycles. The van der Waals surface area contributed by atoms with Crippen molar-refractivity contribution in [3.63, 3.8) is 0 Å². The van der Waals surface area contributed by atoms with Crippen molar-refractivity contribution >= 4 is 33.8 Å². The maximum atomic E-state index is 14.5. The first-order chi connectivity index (χ1) is 16.8. The number of anilines is 2. The topological polar surface area (TPSA) is 99.7 Å². The predicted molar refractivity (Wildman–Crippen MR) is 131 cm³/mol. The fourth-order valence-electron chi connectivity index (χ4n) is 5.28. The van der Waals surface area contributed by atoms with E-state index in [0.717, 1.165) is 43.4 Å². The Bertz CT molecular complexity index is 1440. The van der Waals surface area contributed by atoms with Gasteiger partial charge in [0.05, 0.1) is 23.0 Å². The third-order valence-electron chi connectivity index (χ3n) is 7.01. The van der Waals surface area contributed by atoms with Crippen LogP contribution in [0.4, 0.5) is 15.8 Å². The second-order valence-electron chi connectivity index (χ2n) is 9.76. The third-order valence-corrected chi connectivity index (χ3v) is 7.01. The number of fused-ring (bicyclic) bond motifs is 2. The largest absolute Gasteiger partial charge is 0.393 e. The Morgan fingerprint density at radius 1 is 1.20 bits per heavy atom. The van der Waals surface area contributed by atoms with Crippen LogP contribution in [0.2, 0.25) is 0 Å². The Hall–Kier alpha value is -3.50. The average Bonchev–Trinajstić information content (AvgIpc) is 3.49. The van der Waals surface area contributed by atoms with Gasteiger partial charge < -0.3 is 25.0 Å². The second kappa shape index (κ2) is 8.31. The van der Waals surface area contributed by atoms with Gasteiger partial charge >= 0.3 is 0 Å². The van der Waals surface area contributed by atoms with Gasteiger partial charge in [-0.15, -0.1) is 0 Å². The highest BCUT2D eigenvalue weighted by atomic mass is 19.1. The number of aliphatic hydroxyl groups excluding tert-OH is 1. The number of benzene rings is 1. The lowest BCUT2D eigenvalue weighted by molar-refractivity contribution is 0.0587. The van der Waals surface area contributed by atoms with E-state index in [0.29, 0.717) is 34.5 Å². The Balaban J connectivity index is 1.25. The van der Waals surface area contributed by atoms with Crippen molar-refractivity contribution in [1.82, 2.24) is 24.5 Å². The van der Waals surface area contributed by atoms with E-state index in [1.54, 1.807) is 34.5 Å². The van der Waals surface area contributed by atoms with Crippen molar-refractivity contribution in [2.24, 2.45) is 7.05 Å². The molecule has 9 nitrogen and oxygen atoms in total. The molecule has 1 aromatic carbocycles. The predicted octanol–water partition coefficient (Wildman–Crippen LogP) is 2.61. The summed E-state index contributed by atoms with van der Waals surface area (Å²) in [6.07, 6.45) is 7.81. The van der Waals surface area contributed by atoms with Crippen LogP contribution in [-0.2, 0) is 7.05 Å². The van der Waals surface area contributed by atoms with Gasteiger partial charge in [-0.05, 0) is 38.3 Å². The van der Waals surface area contributed by atoms with Crippen LogP contribution in [0.25, 0.3) is 16.6 Å². The summed E-state index contributed by atoms with van der Waals surface area (Å²) < 4.78 is 17.8. The number of aromatic nitrogens is 4. The number of imidazole rings is 1. The average molecular weight is 478 g/mol. The number of halogens is 1. The van der Waals surface area contributed by atoms with Crippen molar-refractivity contribution in [1.29, 1.82) is 0 Å². The zero-order valence-electron chi connectivity index (χ0n) is 19.7. The third kappa shape index (κ3) is 4.02. The number of carbonyl (C=O) groups is 1. The first kappa shape index (κ1) is 22.0. The van der Waals surface area contributed by atoms with Crippen molar-refractivity contribution in [3.8, 4) is 0 Å². The molecule has 1 saturated carbocycles. The van der Waals surface area contributed by atoms with Gasteiger partial charge in [0.2, 0.25) is 0 Å². The molecule has 0 spiro atoms. The first-order valence-electron chi connectivity index (χ1n) is 12.0. The van der Waals surface area contributed by atoms with Crippen LogP contribution in [0.5, 0.6) is 0 Å². The number of nitrogens with zero attached hydrogens (tertiary/aromatic N) is 5. The van der Waals surface area contributed by atoms with Crippen LogP contribution < -0.4 is 15.5 Å². The summed E-state index contributed by atoms with van der Waals surface area (Å²) in [5.41, 5.74) is 3.36. The highest BCUT2D eigenvalue weighted by Gasteiger charge is 2.32. The number of aryl methyl sites for hydroxylation is 2. The van der Waals surface area contributed by atoms with E-state index in [9.17, 15) is 14.3 Å². The highest BCUT2D eigenvalue weighted by molar-refractivity contribution is 6.13. The van der Waals surface area contributed by atoms with E-state index in [2.05, 4.69) is 25.6 Å². The molecular formula is C25H28FN7O2. The summed E-state index contributed by atoms with van der Waals surface area (Å²) >= 11 is 0. The minimum atomic E-state index is -0.497.